The van der Waals surface area contributed by atoms with Crippen LogP contribution in [-0.4, -0.2) is 57.5 Å². The van der Waals surface area contributed by atoms with E-state index in [0.29, 0.717) is 12.6 Å². The second-order valence-electron chi connectivity index (χ2n) is 7.50. The van der Waals surface area contributed by atoms with E-state index in [1.807, 2.05) is 4.90 Å². The summed E-state index contributed by atoms with van der Waals surface area (Å²) in [5, 5.41) is 11.6. The van der Waals surface area contributed by atoms with Crippen molar-refractivity contribution in [2.75, 3.05) is 19.7 Å². The van der Waals surface area contributed by atoms with Crippen molar-refractivity contribution in [2.24, 2.45) is 0 Å². The molecule has 7 nitrogen and oxygen atoms in total. The van der Waals surface area contributed by atoms with Gasteiger partial charge in [0.1, 0.15) is 11.6 Å². The first kappa shape index (κ1) is 16.8. The third-order valence-electron chi connectivity index (χ3n) is 5.76. The number of aryl methyl sites for hydroxylation is 1. The average molecular weight is 347 g/mol. The molecule has 2 fully saturated rings. The van der Waals surface area contributed by atoms with Gasteiger partial charge < -0.3 is 19.5 Å². The zero-order valence-electron chi connectivity index (χ0n) is 15.0. The summed E-state index contributed by atoms with van der Waals surface area (Å²) in [6.45, 7) is 3.20. The summed E-state index contributed by atoms with van der Waals surface area (Å²) in [6, 6.07) is 0.435. The highest BCUT2D eigenvalue weighted by Crippen LogP contribution is 2.25. The van der Waals surface area contributed by atoms with E-state index >= 15 is 0 Å². The molecule has 1 N–H and O–H groups in total. The van der Waals surface area contributed by atoms with Gasteiger partial charge in [0.15, 0.2) is 0 Å². The van der Waals surface area contributed by atoms with E-state index in [2.05, 4.69) is 20.1 Å². The minimum absolute atomic E-state index is 0.0589. The average Bonchev–Trinajstić information content (AvgIpc) is 3.37. The van der Waals surface area contributed by atoms with Gasteiger partial charge in [-0.1, -0.05) is 12.8 Å². The number of urea groups is 1. The van der Waals surface area contributed by atoms with Gasteiger partial charge in [0.25, 0.3) is 0 Å². The van der Waals surface area contributed by atoms with Crippen LogP contribution < -0.4 is 5.32 Å². The Morgan fingerprint density at radius 2 is 2.08 bits per heavy atom. The minimum atomic E-state index is 0.0589. The predicted molar refractivity (Wildman–Crippen MR) is 93.4 cm³/mol. The van der Waals surface area contributed by atoms with Crippen molar-refractivity contribution in [1.82, 2.24) is 25.0 Å². The number of fused-ring (bicyclic) bond motifs is 1. The van der Waals surface area contributed by atoms with Crippen molar-refractivity contribution in [3.05, 3.63) is 11.6 Å². The van der Waals surface area contributed by atoms with Crippen LogP contribution in [0.3, 0.4) is 0 Å². The SMILES string of the molecule is O=C(NCCc1nnc2n1CCC2)N(C[C@@H]1CCCO1)C1CCCC1. The van der Waals surface area contributed by atoms with Crippen molar-refractivity contribution in [3.63, 3.8) is 0 Å². The maximum atomic E-state index is 12.8. The van der Waals surface area contributed by atoms with Crippen molar-refractivity contribution in [1.29, 1.82) is 0 Å². The second kappa shape index (κ2) is 7.72. The number of carbonyl (C=O) groups is 1. The topological polar surface area (TPSA) is 72.3 Å². The van der Waals surface area contributed by atoms with Crippen LogP contribution in [0.5, 0.6) is 0 Å². The van der Waals surface area contributed by atoms with Crippen molar-refractivity contribution in [2.45, 2.75) is 76.5 Å². The monoisotopic (exact) mass is 347 g/mol. The first-order valence-corrected chi connectivity index (χ1v) is 9.88. The molecule has 2 aliphatic heterocycles. The van der Waals surface area contributed by atoms with Gasteiger partial charge in [0.2, 0.25) is 0 Å². The molecule has 3 heterocycles. The van der Waals surface area contributed by atoms with E-state index in [4.69, 9.17) is 4.74 Å². The Bertz CT molecular complexity index is 590. The maximum Gasteiger partial charge on any atom is 0.317 e. The lowest BCUT2D eigenvalue weighted by Gasteiger charge is -2.31. The normalized spacial score (nSPS) is 23.1. The van der Waals surface area contributed by atoms with Gasteiger partial charge in [-0.15, -0.1) is 10.2 Å². The van der Waals surface area contributed by atoms with E-state index in [-0.39, 0.29) is 12.1 Å². The van der Waals surface area contributed by atoms with Gasteiger partial charge in [-0.25, -0.2) is 4.79 Å². The molecule has 7 heteroatoms. The Balaban J connectivity index is 1.31. The predicted octanol–water partition coefficient (Wildman–Crippen LogP) is 1.90. The van der Waals surface area contributed by atoms with E-state index in [0.717, 1.165) is 76.3 Å². The van der Waals surface area contributed by atoms with Crippen LogP contribution in [-0.2, 0) is 24.1 Å². The third-order valence-corrected chi connectivity index (χ3v) is 5.76. The Morgan fingerprint density at radius 1 is 1.20 bits per heavy atom. The molecular weight excluding hydrogens is 318 g/mol. The molecule has 0 radical (unpaired) electrons. The molecule has 1 aliphatic carbocycles. The first-order valence-electron chi connectivity index (χ1n) is 9.88. The first-order chi connectivity index (χ1) is 12.3. The second-order valence-corrected chi connectivity index (χ2v) is 7.50. The number of hydrogen-bond acceptors (Lipinski definition) is 4. The van der Waals surface area contributed by atoms with Crippen LogP contribution in [0.4, 0.5) is 4.79 Å². The third kappa shape index (κ3) is 3.81. The number of carbonyl (C=O) groups excluding carboxylic acids is 1. The molecule has 25 heavy (non-hydrogen) atoms. The van der Waals surface area contributed by atoms with Crippen LogP contribution in [0.15, 0.2) is 0 Å². The van der Waals surface area contributed by atoms with Crippen LogP contribution in [0.1, 0.15) is 56.6 Å². The van der Waals surface area contributed by atoms with Crippen LogP contribution in [0.2, 0.25) is 0 Å². The zero-order valence-corrected chi connectivity index (χ0v) is 15.0. The highest BCUT2D eigenvalue weighted by atomic mass is 16.5. The fourth-order valence-corrected chi connectivity index (χ4v) is 4.40. The van der Waals surface area contributed by atoms with Gasteiger partial charge in [-0.2, -0.15) is 0 Å². The number of rotatable bonds is 6. The van der Waals surface area contributed by atoms with E-state index < -0.39 is 0 Å². The van der Waals surface area contributed by atoms with Crippen LogP contribution in [0.25, 0.3) is 0 Å². The highest BCUT2D eigenvalue weighted by Gasteiger charge is 2.30. The number of hydrogen-bond donors (Lipinski definition) is 1. The largest absolute Gasteiger partial charge is 0.376 e. The Labute approximate surface area is 149 Å². The summed E-state index contributed by atoms with van der Waals surface area (Å²) in [4.78, 5) is 14.8. The van der Waals surface area contributed by atoms with Crippen molar-refractivity contribution < 1.29 is 9.53 Å². The number of nitrogens with zero attached hydrogens (tertiary/aromatic N) is 4. The van der Waals surface area contributed by atoms with Gasteiger partial charge in [-0.05, 0) is 32.1 Å². The molecule has 0 aromatic carbocycles. The maximum absolute atomic E-state index is 12.8. The smallest absolute Gasteiger partial charge is 0.317 e. The lowest BCUT2D eigenvalue weighted by molar-refractivity contribution is 0.0700. The molecule has 0 unspecified atom stereocenters. The Kier molecular flexibility index (Phi) is 5.20. The fraction of sp³-hybridized carbons (Fsp3) is 0.833. The molecule has 0 spiro atoms. The highest BCUT2D eigenvalue weighted by molar-refractivity contribution is 5.74. The van der Waals surface area contributed by atoms with E-state index in [1.54, 1.807) is 0 Å². The number of aromatic nitrogens is 3. The lowest BCUT2D eigenvalue weighted by atomic mass is 10.1. The molecule has 1 aromatic rings. The summed E-state index contributed by atoms with van der Waals surface area (Å²) < 4.78 is 7.97. The summed E-state index contributed by atoms with van der Waals surface area (Å²) in [6.07, 6.45) is 10.0. The Hall–Kier alpha value is -1.63. The standard InChI is InChI=1S/C18H29N5O2/c24-18(19-10-9-17-21-20-16-8-3-11-22(16)17)23(14-5-1-2-6-14)13-15-7-4-12-25-15/h14-15H,1-13H2,(H,19,24)/t15-/m0/s1. The van der Waals surface area contributed by atoms with Crippen molar-refractivity contribution in [3.8, 4) is 0 Å². The van der Waals surface area contributed by atoms with Crippen molar-refractivity contribution >= 4 is 6.03 Å². The minimum Gasteiger partial charge on any atom is -0.376 e. The molecule has 138 valence electrons. The summed E-state index contributed by atoms with van der Waals surface area (Å²) in [7, 11) is 0. The molecule has 2 amide bonds. The quantitative estimate of drug-likeness (QED) is 0.853. The Morgan fingerprint density at radius 3 is 2.88 bits per heavy atom. The molecule has 0 bridgehead atoms. The van der Waals surface area contributed by atoms with Gasteiger partial charge >= 0.3 is 6.03 Å². The molecule has 1 atom stereocenters. The summed E-state index contributed by atoms with van der Waals surface area (Å²) >= 11 is 0. The van der Waals surface area contributed by atoms with Crippen LogP contribution >= 0.6 is 0 Å². The van der Waals surface area contributed by atoms with Gasteiger partial charge in [-0.3, -0.25) is 0 Å². The number of ether oxygens (including phenoxy) is 1. The molecule has 3 aliphatic rings. The van der Waals surface area contributed by atoms with Gasteiger partial charge in [0, 0.05) is 45.1 Å². The number of amides is 2. The molecular formula is C18H29N5O2. The molecule has 1 saturated carbocycles. The van der Waals surface area contributed by atoms with Gasteiger partial charge in [0.05, 0.1) is 6.10 Å². The summed E-state index contributed by atoms with van der Waals surface area (Å²) in [5.41, 5.74) is 0. The molecule has 4 rings (SSSR count). The van der Waals surface area contributed by atoms with E-state index in [1.165, 1.54) is 12.8 Å². The van der Waals surface area contributed by atoms with E-state index in [9.17, 15) is 4.79 Å². The summed E-state index contributed by atoms with van der Waals surface area (Å²) in [5.74, 6) is 2.09. The number of nitrogens with one attached hydrogen (secondary N) is 1. The van der Waals surface area contributed by atoms with Crippen LogP contribution in [0, 0.1) is 0 Å². The lowest BCUT2D eigenvalue weighted by Crippen LogP contribution is -2.48. The molecule has 1 aromatic heterocycles. The fourth-order valence-electron chi connectivity index (χ4n) is 4.40. The zero-order chi connectivity index (χ0) is 17.1. The molecule has 1 saturated heterocycles.